The van der Waals surface area contributed by atoms with E-state index in [1.54, 1.807) is 0 Å². The van der Waals surface area contributed by atoms with Crippen molar-refractivity contribution in [2.75, 3.05) is 14.1 Å². The third-order valence-corrected chi connectivity index (χ3v) is 2.37. The quantitative estimate of drug-likeness (QED) is 0.854. The van der Waals surface area contributed by atoms with Gasteiger partial charge in [-0.25, -0.2) is 4.39 Å². The number of aliphatic carboxylic acids is 1. The van der Waals surface area contributed by atoms with Crippen LogP contribution in [-0.2, 0) is 11.0 Å². The summed E-state index contributed by atoms with van der Waals surface area (Å²) in [6.07, 6.45) is -4.80. The third kappa shape index (κ3) is 2.98. The zero-order chi connectivity index (χ0) is 14.1. The van der Waals surface area contributed by atoms with Gasteiger partial charge in [0.05, 0.1) is 5.56 Å². The van der Waals surface area contributed by atoms with Crippen LogP contribution in [0.25, 0.3) is 0 Å². The van der Waals surface area contributed by atoms with Crippen LogP contribution in [0.4, 0.5) is 17.6 Å². The van der Waals surface area contributed by atoms with Crippen LogP contribution in [0.5, 0.6) is 0 Å². The molecule has 0 amide bonds. The number of nitrogens with zero attached hydrogens (tertiary/aromatic N) is 1. The maximum Gasteiger partial charge on any atom is 0.416 e. The highest BCUT2D eigenvalue weighted by Gasteiger charge is 2.38. The van der Waals surface area contributed by atoms with Crippen molar-refractivity contribution < 1.29 is 27.5 Å². The first kappa shape index (κ1) is 14.4. The lowest BCUT2D eigenvalue weighted by Gasteiger charge is -2.23. The van der Waals surface area contributed by atoms with Gasteiger partial charge >= 0.3 is 12.1 Å². The van der Waals surface area contributed by atoms with Crippen LogP contribution in [-0.4, -0.2) is 30.1 Å². The second kappa shape index (κ2) is 4.93. The Morgan fingerprint density at radius 1 is 1.33 bits per heavy atom. The van der Waals surface area contributed by atoms with Gasteiger partial charge in [-0.2, -0.15) is 13.2 Å². The largest absolute Gasteiger partial charge is 0.480 e. The van der Waals surface area contributed by atoms with Crippen LogP contribution in [0.15, 0.2) is 18.2 Å². The fourth-order valence-electron chi connectivity index (χ4n) is 1.64. The average molecular weight is 265 g/mol. The number of hydrogen-bond acceptors (Lipinski definition) is 2. The standard InChI is InChI=1S/C11H11F4NO2/c1-16(2)9(10(17)18)7-4-3-6(12)5-8(7)11(13,14)15/h3-5,9H,1-2H3,(H,17,18). The maximum absolute atomic E-state index is 12.9. The highest BCUT2D eigenvalue weighted by atomic mass is 19.4. The van der Waals surface area contributed by atoms with Crippen molar-refractivity contribution in [3.8, 4) is 0 Å². The molecule has 100 valence electrons. The van der Waals surface area contributed by atoms with Gasteiger partial charge in [-0.15, -0.1) is 0 Å². The highest BCUT2D eigenvalue weighted by molar-refractivity contribution is 5.76. The number of halogens is 4. The van der Waals surface area contributed by atoms with Crippen LogP contribution in [0.2, 0.25) is 0 Å². The van der Waals surface area contributed by atoms with Crippen molar-refractivity contribution >= 4 is 5.97 Å². The predicted molar refractivity (Wildman–Crippen MR) is 55.5 cm³/mol. The molecule has 1 unspecified atom stereocenters. The number of carboxylic acids is 1. The summed E-state index contributed by atoms with van der Waals surface area (Å²) in [5, 5.41) is 8.95. The van der Waals surface area contributed by atoms with Gasteiger partial charge in [0.2, 0.25) is 0 Å². The summed E-state index contributed by atoms with van der Waals surface area (Å²) < 4.78 is 51.1. The van der Waals surface area contributed by atoms with E-state index >= 15 is 0 Å². The Morgan fingerprint density at radius 3 is 2.28 bits per heavy atom. The molecule has 0 aromatic heterocycles. The van der Waals surface area contributed by atoms with Crippen molar-refractivity contribution in [2.24, 2.45) is 0 Å². The molecule has 0 bridgehead atoms. The predicted octanol–water partition coefficient (Wildman–Crippen LogP) is 2.53. The van der Waals surface area contributed by atoms with Crippen molar-refractivity contribution in [2.45, 2.75) is 12.2 Å². The molecule has 1 atom stereocenters. The van der Waals surface area contributed by atoms with Gasteiger partial charge in [0, 0.05) is 0 Å². The Balaban J connectivity index is 3.43. The lowest BCUT2D eigenvalue weighted by molar-refractivity contribution is -0.145. The van der Waals surface area contributed by atoms with Gasteiger partial charge in [0.25, 0.3) is 0 Å². The van der Waals surface area contributed by atoms with Gasteiger partial charge in [-0.3, -0.25) is 9.69 Å². The number of carboxylic acid groups (broad SMARTS) is 1. The Morgan fingerprint density at radius 2 is 1.89 bits per heavy atom. The van der Waals surface area contributed by atoms with Gasteiger partial charge in [-0.05, 0) is 31.8 Å². The van der Waals surface area contributed by atoms with E-state index in [1.807, 2.05) is 0 Å². The molecule has 18 heavy (non-hydrogen) atoms. The van der Waals surface area contributed by atoms with Crippen LogP contribution in [0.1, 0.15) is 17.2 Å². The van der Waals surface area contributed by atoms with Gasteiger partial charge in [0.15, 0.2) is 0 Å². The number of benzene rings is 1. The molecule has 0 spiro atoms. The Bertz CT molecular complexity index is 457. The summed E-state index contributed by atoms with van der Waals surface area (Å²) in [5.74, 6) is -2.49. The van der Waals surface area contributed by atoms with E-state index < -0.39 is 35.1 Å². The monoisotopic (exact) mass is 265 g/mol. The molecule has 0 heterocycles. The molecule has 0 aliphatic rings. The second-order valence-corrected chi connectivity index (χ2v) is 3.93. The molecule has 7 heteroatoms. The van der Waals surface area contributed by atoms with E-state index in [1.165, 1.54) is 14.1 Å². The van der Waals surface area contributed by atoms with Crippen LogP contribution < -0.4 is 0 Å². The maximum atomic E-state index is 12.9. The molecule has 1 rings (SSSR count). The Kier molecular flexibility index (Phi) is 3.95. The van der Waals surface area contributed by atoms with E-state index in [2.05, 4.69) is 0 Å². The Hall–Kier alpha value is -1.63. The van der Waals surface area contributed by atoms with Gasteiger partial charge in [0.1, 0.15) is 11.9 Å². The van der Waals surface area contributed by atoms with Crippen molar-refractivity contribution in [1.29, 1.82) is 0 Å². The molecule has 0 fully saturated rings. The molecule has 0 aliphatic carbocycles. The van der Waals surface area contributed by atoms with Gasteiger partial charge < -0.3 is 5.11 Å². The summed E-state index contributed by atoms with van der Waals surface area (Å²) in [6, 6.07) is 0.470. The van der Waals surface area contributed by atoms with Crippen LogP contribution >= 0.6 is 0 Å². The van der Waals surface area contributed by atoms with Gasteiger partial charge in [-0.1, -0.05) is 6.07 Å². The summed E-state index contributed by atoms with van der Waals surface area (Å²) in [6.45, 7) is 0. The van der Waals surface area contributed by atoms with E-state index in [-0.39, 0.29) is 0 Å². The molecular weight excluding hydrogens is 254 g/mol. The normalized spacial score (nSPS) is 13.7. The molecule has 0 aliphatic heterocycles. The number of hydrogen-bond donors (Lipinski definition) is 1. The summed E-state index contributed by atoms with van der Waals surface area (Å²) in [7, 11) is 2.67. The van der Waals surface area contributed by atoms with Crippen molar-refractivity contribution in [1.82, 2.24) is 4.90 Å². The topological polar surface area (TPSA) is 40.5 Å². The lowest BCUT2D eigenvalue weighted by atomic mass is 9.99. The van der Waals surface area contributed by atoms with Crippen LogP contribution in [0, 0.1) is 5.82 Å². The van der Waals surface area contributed by atoms with Crippen molar-refractivity contribution in [3.63, 3.8) is 0 Å². The molecular formula is C11H11F4NO2. The molecule has 1 aromatic carbocycles. The molecule has 3 nitrogen and oxygen atoms in total. The summed E-state index contributed by atoms with van der Waals surface area (Å²) in [5.41, 5.74) is -1.76. The van der Waals surface area contributed by atoms with E-state index in [0.717, 1.165) is 17.0 Å². The number of rotatable bonds is 3. The first-order valence-corrected chi connectivity index (χ1v) is 4.90. The fourth-order valence-corrected chi connectivity index (χ4v) is 1.64. The summed E-state index contributed by atoms with van der Waals surface area (Å²) in [4.78, 5) is 12.1. The second-order valence-electron chi connectivity index (χ2n) is 3.93. The highest BCUT2D eigenvalue weighted by Crippen LogP contribution is 2.36. The first-order chi connectivity index (χ1) is 8.14. The lowest BCUT2D eigenvalue weighted by Crippen LogP contribution is -2.29. The first-order valence-electron chi connectivity index (χ1n) is 4.90. The fraction of sp³-hybridized carbons (Fsp3) is 0.364. The SMILES string of the molecule is CN(C)C(C(=O)O)c1ccc(F)cc1C(F)(F)F. The number of carbonyl (C=O) groups is 1. The minimum atomic E-state index is -4.80. The number of alkyl halides is 3. The van der Waals surface area contributed by atoms with E-state index in [9.17, 15) is 22.4 Å². The average Bonchev–Trinajstić information content (AvgIpc) is 2.17. The zero-order valence-electron chi connectivity index (χ0n) is 9.62. The zero-order valence-corrected chi connectivity index (χ0v) is 9.62. The molecule has 0 radical (unpaired) electrons. The summed E-state index contributed by atoms with van der Waals surface area (Å²) >= 11 is 0. The van der Waals surface area contributed by atoms with E-state index in [0.29, 0.717) is 6.07 Å². The molecule has 0 saturated heterocycles. The number of likely N-dealkylation sites (N-methyl/N-ethyl adjacent to an activating group) is 1. The van der Waals surface area contributed by atoms with Crippen LogP contribution in [0.3, 0.4) is 0 Å². The minimum Gasteiger partial charge on any atom is -0.480 e. The Labute approximate surface area is 101 Å². The van der Waals surface area contributed by atoms with E-state index in [4.69, 9.17) is 5.11 Å². The smallest absolute Gasteiger partial charge is 0.416 e. The molecule has 1 N–H and O–H groups in total. The molecule has 1 aromatic rings. The minimum absolute atomic E-state index is 0.300. The van der Waals surface area contributed by atoms with Crippen molar-refractivity contribution in [3.05, 3.63) is 35.1 Å². The third-order valence-electron chi connectivity index (χ3n) is 2.37. The molecule has 0 saturated carbocycles.